The molecular formula is C20H17ClN2O5S. The second-order valence-electron chi connectivity index (χ2n) is 5.75. The number of rotatable bonds is 7. The third kappa shape index (κ3) is 5.52. The van der Waals surface area contributed by atoms with Gasteiger partial charge in [0.05, 0.1) is 22.2 Å². The van der Waals surface area contributed by atoms with Gasteiger partial charge >= 0.3 is 5.97 Å². The number of aliphatic carboxylic acids is 1. The molecule has 3 rings (SSSR count). The topological polar surface area (TPSA) is 97.2 Å². The van der Waals surface area contributed by atoms with Crippen LogP contribution in [-0.4, -0.2) is 35.4 Å². The van der Waals surface area contributed by atoms with Crippen LogP contribution >= 0.6 is 23.4 Å². The van der Waals surface area contributed by atoms with E-state index in [0.29, 0.717) is 44.5 Å². The van der Waals surface area contributed by atoms with Crippen molar-refractivity contribution in [3.05, 3.63) is 58.0 Å². The van der Waals surface area contributed by atoms with Crippen LogP contribution in [0.1, 0.15) is 12.5 Å². The lowest BCUT2D eigenvalue weighted by atomic mass is 10.2. The zero-order valence-electron chi connectivity index (χ0n) is 15.3. The first-order valence-electron chi connectivity index (χ1n) is 8.62. The van der Waals surface area contributed by atoms with Crippen molar-refractivity contribution < 1.29 is 24.2 Å². The lowest BCUT2D eigenvalue weighted by molar-refractivity contribution is -0.139. The summed E-state index contributed by atoms with van der Waals surface area (Å²) in [4.78, 5) is 27.8. The number of carboxylic acid groups (broad SMARTS) is 1. The number of nitrogens with one attached hydrogen (secondary N) is 1. The van der Waals surface area contributed by atoms with Crippen LogP contribution < -0.4 is 14.8 Å². The summed E-state index contributed by atoms with van der Waals surface area (Å²) in [5.74, 6) is -0.634. The van der Waals surface area contributed by atoms with Crippen molar-refractivity contribution in [3.63, 3.8) is 0 Å². The summed E-state index contributed by atoms with van der Waals surface area (Å²) in [7, 11) is 0. The van der Waals surface area contributed by atoms with Crippen molar-refractivity contribution in [3.8, 4) is 11.5 Å². The molecular weight excluding hydrogens is 416 g/mol. The first-order valence-corrected chi connectivity index (χ1v) is 9.81. The van der Waals surface area contributed by atoms with E-state index in [9.17, 15) is 9.59 Å². The summed E-state index contributed by atoms with van der Waals surface area (Å²) in [5.41, 5.74) is 1.27. The Morgan fingerprint density at radius 3 is 2.76 bits per heavy atom. The second kappa shape index (κ2) is 9.49. The molecule has 0 aliphatic carbocycles. The number of amidine groups is 1. The Hall–Kier alpha value is -2.97. The highest BCUT2D eigenvalue weighted by molar-refractivity contribution is 8.18. The van der Waals surface area contributed by atoms with E-state index in [0.717, 1.165) is 0 Å². The lowest BCUT2D eigenvalue weighted by Crippen LogP contribution is -2.19. The zero-order chi connectivity index (χ0) is 20.8. The Morgan fingerprint density at radius 2 is 2.03 bits per heavy atom. The van der Waals surface area contributed by atoms with E-state index in [4.69, 9.17) is 26.2 Å². The Kier molecular flexibility index (Phi) is 6.79. The second-order valence-corrected chi connectivity index (χ2v) is 7.19. The Balaban J connectivity index is 1.82. The minimum Gasteiger partial charge on any atom is -0.490 e. The number of nitrogens with zero attached hydrogens (tertiary/aromatic N) is 1. The molecule has 1 heterocycles. The van der Waals surface area contributed by atoms with Crippen LogP contribution in [0.4, 0.5) is 5.69 Å². The number of thioether (sulfide) groups is 1. The molecule has 0 saturated carbocycles. The van der Waals surface area contributed by atoms with E-state index in [1.165, 1.54) is 11.8 Å². The average molecular weight is 433 g/mol. The third-order valence-electron chi connectivity index (χ3n) is 3.64. The predicted octanol–water partition coefficient (Wildman–Crippen LogP) is 4.09. The molecule has 1 amide bonds. The molecule has 150 valence electrons. The first kappa shape index (κ1) is 20.8. The van der Waals surface area contributed by atoms with Crippen molar-refractivity contribution in [2.45, 2.75) is 6.92 Å². The minimum atomic E-state index is -1.08. The number of halogens is 1. The number of aliphatic imine (C=N–C) groups is 1. The van der Waals surface area contributed by atoms with Gasteiger partial charge in [-0.1, -0.05) is 29.8 Å². The standard InChI is InChI=1S/C20H17ClN2O5S/c1-2-27-16-9-12(7-8-15(16)28-11-18(24)25)10-17-19(26)23-20(29-17)22-14-6-4-3-5-13(14)21/h3-10H,2,11H2,1H3,(H,24,25)(H,22,23,26)/b17-10-. The normalized spacial score (nSPS) is 16.1. The highest BCUT2D eigenvalue weighted by atomic mass is 35.5. The summed E-state index contributed by atoms with van der Waals surface area (Å²) in [6.07, 6.45) is 1.69. The van der Waals surface area contributed by atoms with Crippen LogP contribution in [0.5, 0.6) is 11.5 Å². The van der Waals surface area contributed by atoms with Crippen LogP contribution in [0, 0.1) is 0 Å². The third-order valence-corrected chi connectivity index (χ3v) is 4.87. The number of carbonyl (C=O) groups excluding carboxylic acids is 1. The molecule has 0 atom stereocenters. The summed E-state index contributed by atoms with van der Waals surface area (Å²) in [6.45, 7) is 1.72. The summed E-state index contributed by atoms with van der Waals surface area (Å²) in [6, 6.07) is 12.1. The molecule has 0 unspecified atom stereocenters. The molecule has 9 heteroatoms. The van der Waals surface area contributed by atoms with Crippen LogP contribution in [-0.2, 0) is 9.59 Å². The Bertz CT molecular complexity index is 1010. The van der Waals surface area contributed by atoms with Gasteiger partial charge in [-0.05, 0) is 54.6 Å². The molecule has 0 bridgehead atoms. The molecule has 1 fully saturated rings. The lowest BCUT2D eigenvalue weighted by Gasteiger charge is -2.11. The first-order chi connectivity index (χ1) is 14.0. The largest absolute Gasteiger partial charge is 0.490 e. The van der Waals surface area contributed by atoms with Gasteiger partial charge in [-0.15, -0.1) is 0 Å². The van der Waals surface area contributed by atoms with E-state index in [-0.39, 0.29) is 5.91 Å². The molecule has 2 aromatic rings. The highest BCUT2D eigenvalue weighted by Gasteiger charge is 2.24. The van der Waals surface area contributed by atoms with E-state index in [2.05, 4.69) is 10.3 Å². The number of hydrogen-bond donors (Lipinski definition) is 2. The number of carbonyl (C=O) groups is 2. The fraction of sp³-hybridized carbons (Fsp3) is 0.150. The van der Waals surface area contributed by atoms with Crippen LogP contribution in [0.25, 0.3) is 6.08 Å². The number of para-hydroxylation sites is 1. The van der Waals surface area contributed by atoms with Crippen LogP contribution in [0.2, 0.25) is 5.02 Å². The van der Waals surface area contributed by atoms with Crippen molar-refractivity contribution in [2.75, 3.05) is 13.2 Å². The fourth-order valence-corrected chi connectivity index (χ4v) is 3.44. The summed E-state index contributed by atoms with van der Waals surface area (Å²) in [5, 5.41) is 12.4. The summed E-state index contributed by atoms with van der Waals surface area (Å²) >= 11 is 7.30. The Morgan fingerprint density at radius 1 is 1.24 bits per heavy atom. The van der Waals surface area contributed by atoms with E-state index in [1.807, 2.05) is 13.0 Å². The maximum atomic E-state index is 12.3. The van der Waals surface area contributed by atoms with E-state index >= 15 is 0 Å². The number of ether oxygens (including phenoxy) is 2. The average Bonchev–Trinajstić information content (AvgIpc) is 3.02. The minimum absolute atomic E-state index is 0.273. The molecule has 1 aliphatic rings. The van der Waals surface area contributed by atoms with Gasteiger partial charge in [0, 0.05) is 0 Å². The van der Waals surface area contributed by atoms with Crippen molar-refractivity contribution in [1.82, 2.24) is 5.32 Å². The highest BCUT2D eigenvalue weighted by Crippen LogP contribution is 2.33. The van der Waals surface area contributed by atoms with Crippen molar-refractivity contribution in [1.29, 1.82) is 0 Å². The number of hydrogen-bond acceptors (Lipinski definition) is 6. The molecule has 2 N–H and O–H groups in total. The smallest absolute Gasteiger partial charge is 0.341 e. The summed E-state index contributed by atoms with van der Waals surface area (Å²) < 4.78 is 10.8. The van der Waals surface area contributed by atoms with Crippen molar-refractivity contribution in [2.24, 2.45) is 4.99 Å². The van der Waals surface area contributed by atoms with E-state index in [1.54, 1.807) is 42.5 Å². The number of amides is 1. The van der Waals surface area contributed by atoms with Gasteiger partial charge in [-0.3, -0.25) is 4.79 Å². The van der Waals surface area contributed by atoms with Gasteiger partial charge in [0.15, 0.2) is 23.3 Å². The molecule has 0 spiro atoms. The number of carboxylic acids is 1. The van der Waals surface area contributed by atoms with Gasteiger partial charge in [-0.25, -0.2) is 9.79 Å². The number of benzene rings is 2. The monoisotopic (exact) mass is 432 g/mol. The predicted molar refractivity (Wildman–Crippen MR) is 113 cm³/mol. The maximum Gasteiger partial charge on any atom is 0.341 e. The van der Waals surface area contributed by atoms with Gasteiger partial charge in [0.25, 0.3) is 5.91 Å². The van der Waals surface area contributed by atoms with Crippen LogP contribution in [0.3, 0.4) is 0 Å². The molecule has 0 aromatic heterocycles. The van der Waals surface area contributed by atoms with Crippen LogP contribution in [0.15, 0.2) is 52.4 Å². The molecule has 7 nitrogen and oxygen atoms in total. The van der Waals surface area contributed by atoms with Gasteiger partial charge < -0.3 is 19.9 Å². The van der Waals surface area contributed by atoms with Gasteiger partial charge in [0.1, 0.15) is 0 Å². The van der Waals surface area contributed by atoms with E-state index < -0.39 is 12.6 Å². The van der Waals surface area contributed by atoms with Gasteiger partial charge in [0.2, 0.25) is 0 Å². The Labute approximate surface area is 176 Å². The molecule has 1 aliphatic heterocycles. The molecule has 2 aromatic carbocycles. The maximum absolute atomic E-state index is 12.3. The fourth-order valence-electron chi connectivity index (χ4n) is 2.43. The molecule has 0 radical (unpaired) electrons. The SMILES string of the molecule is CCOc1cc(/C=C2\SC(=Nc3ccccc3Cl)NC2=O)ccc1OCC(=O)O. The van der Waals surface area contributed by atoms with Crippen molar-refractivity contribution >= 4 is 52.2 Å². The molecule has 1 saturated heterocycles. The van der Waals surface area contributed by atoms with Gasteiger partial charge in [-0.2, -0.15) is 0 Å². The quantitative estimate of drug-likeness (QED) is 0.639. The molecule has 29 heavy (non-hydrogen) atoms. The zero-order valence-corrected chi connectivity index (χ0v) is 16.9.